The summed E-state index contributed by atoms with van der Waals surface area (Å²) in [6.07, 6.45) is 0.635. The maximum absolute atomic E-state index is 12.7. The van der Waals surface area contributed by atoms with Crippen molar-refractivity contribution in [3.8, 4) is 27.8 Å². The normalized spacial score (nSPS) is 10.5. The predicted molar refractivity (Wildman–Crippen MR) is 119 cm³/mol. The minimum Gasteiger partial charge on any atom is -0.497 e. The number of hydrogen-bond donors (Lipinski definition) is 1. The molecule has 3 aromatic rings. The molecule has 0 radical (unpaired) electrons. The molecule has 0 fully saturated rings. The van der Waals surface area contributed by atoms with Gasteiger partial charge in [0.25, 0.3) is 5.91 Å². The number of methoxy groups -OCH3 is 2. The van der Waals surface area contributed by atoms with E-state index in [4.69, 9.17) is 14.2 Å². The molecule has 0 saturated heterocycles. The lowest BCUT2D eigenvalue weighted by Gasteiger charge is -2.11. The number of ether oxygens (including phenoxy) is 3. The maximum Gasteiger partial charge on any atom is 0.263 e. The highest BCUT2D eigenvalue weighted by Gasteiger charge is 2.16. The molecule has 158 valence electrons. The van der Waals surface area contributed by atoms with E-state index < -0.39 is 0 Å². The molecular formula is C23H26N2O4S. The molecule has 1 heterocycles. The van der Waals surface area contributed by atoms with E-state index in [9.17, 15) is 4.79 Å². The van der Waals surface area contributed by atoms with E-state index in [1.54, 1.807) is 14.2 Å². The number of aromatic nitrogens is 1. The Balaban J connectivity index is 1.65. The van der Waals surface area contributed by atoms with Gasteiger partial charge in [0, 0.05) is 12.1 Å². The lowest BCUT2D eigenvalue weighted by Crippen LogP contribution is -2.25. The van der Waals surface area contributed by atoms with Gasteiger partial charge in [-0.25, -0.2) is 4.98 Å². The monoisotopic (exact) mass is 426 g/mol. The summed E-state index contributed by atoms with van der Waals surface area (Å²) in [6, 6.07) is 13.4. The van der Waals surface area contributed by atoms with Crippen LogP contribution >= 0.6 is 11.3 Å². The average molecular weight is 427 g/mol. The minimum absolute atomic E-state index is 0.121. The van der Waals surface area contributed by atoms with E-state index in [0.29, 0.717) is 24.4 Å². The Bertz CT molecular complexity index is 999. The highest BCUT2D eigenvalue weighted by molar-refractivity contribution is 7.17. The molecule has 0 atom stereocenters. The zero-order valence-electron chi connectivity index (χ0n) is 17.7. The molecule has 0 spiro atoms. The first kappa shape index (κ1) is 21.6. The van der Waals surface area contributed by atoms with Gasteiger partial charge in [0.1, 0.15) is 27.1 Å². The second kappa shape index (κ2) is 10.1. The van der Waals surface area contributed by atoms with Crippen LogP contribution in [0.25, 0.3) is 10.6 Å². The molecule has 0 aliphatic carbocycles. The Morgan fingerprint density at radius 2 is 1.80 bits per heavy atom. The molecule has 6 nitrogen and oxygen atoms in total. The number of benzene rings is 2. The average Bonchev–Trinajstić information content (AvgIpc) is 3.16. The Labute approximate surface area is 180 Å². The summed E-state index contributed by atoms with van der Waals surface area (Å²) < 4.78 is 16.1. The van der Waals surface area contributed by atoms with Crippen molar-refractivity contribution in [2.75, 3.05) is 27.4 Å². The first-order valence-electron chi connectivity index (χ1n) is 9.75. The summed E-state index contributed by atoms with van der Waals surface area (Å²) in [5, 5.41) is 3.80. The van der Waals surface area contributed by atoms with Gasteiger partial charge in [0.2, 0.25) is 0 Å². The molecule has 3 rings (SSSR count). The van der Waals surface area contributed by atoms with E-state index in [-0.39, 0.29) is 5.91 Å². The number of hydrogen-bond acceptors (Lipinski definition) is 6. The zero-order valence-corrected chi connectivity index (χ0v) is 18.5. The van der Waals surface area contributed by atoms with Gasteiger partial charge in [-0.15, -0.1) is 11.3 Å². The number of amides is 1. The van der Waals surface area contributed by atoms with Gasteiger partial charge in [-0.2, -0.15) is 0 Å². The smallest absolute Gasteiger partial charge is 0.263 e. The first-order chi connectivity index (χ1) is 14.5. The molecule has 0 aliphatic rings. The van der Waals surface area contributed by atoms with E-state index in [0.717, 1.165) is 39.1 Å². The first-order valence-corrected chi connectivity index (χ1v) is 10.6. The molecule has 30 heavy (non-hydrogen) atoms. The van der Waals surface area contributed by atoms with Gasteiger partial charge in [0.05, 0.1) is 26.5 Å². The largest absolute Gasteiger partial charge is 0.497 e. The number of carbonyl (C=O) groups is 1. The van der Waals surface area contributed by atoms with Gasteiger partial charge in [-0.05, 0) is 68.3 Å². The van der Waals surface area contributed by atoms with E-state index in [2.05, 4.69) is 10.3 Å². The molecule has 2 aromatic carbocycles. The van der Waals surface area contributed by atoms with E-state index in [1.807, 2.05) is 56.3 Å². The van der Waals surface area contributed by atoms with Gasteiger partial charge in [-0.1, -0.05) is 0 Å². The summed E-state index contributed by atoms with van der Waals surface area (Å²) in [6.45, 7) is 4.92. The lowest BCUT2D eigenvalue weighted by atomic mass is 10.1. The van der Waals surface area contributed by atoms with Crippen LogP contribution in [-0.2, 0) is 6.42 Å². The maximum atomic E-state index is 12.7. The van der Waals surface area contributed by atoms with Crippen LogP contribution in [0, 0.1) is 6.92 Å². The molecule has 0 saturated carbocycles. The third kappa shape index (κ3) is 5.10. The number of aryl methyl sites for hydroxylation is 1. The number of carbonyl (C=O) groups excluding carboxylic acids is 1. The van der Waals surface area contributed by atoms with Crippen molar-refractivity contribution in [1.29, 1.82) is 0 Å². The third-order valence-corrected chi connectivity index (χ3v) is 5.79. The zero-order chi connectivity index (χ0) is 21.5. The summed E-state index contributed by atoms with van der Waals surface area (Å²) >= 11 is 1.39. The van der Waals surface area contributed by atoms with Crippen molar-refractivity contribution < 1.29 is 19.0 Å². The fraction of sp³-hybridized carbons (Fsp3) is 0.304. The van der Waals surface area contributed by atoms with Crippen LogP contribution in [0.1, 0.15) is 27.9 Å². The summed E-state index contributed by atoms with van der Waals surface area (Å²) in [5.74, 6) is 2.23. The second-order valence-electron chi connectivity index (χ2n) is 6.57. The Kier molecular flexibility index (Phi) is 7.30. The molecule has 1 amide bonds. The number of thiazole rings is 1. The number of nitrogens with one attached hydrogen (secondary N) is 1. The predicted octanol–water partition coefficient (Wildman–Crippen LogP) is 4.51. The second-order valence-corrected chi connectivity index (χ2v) is 7.57. The lowest BCUT2D eigenvalue weighted by molar-refractivity contribution is 0.0957. The van der Waals surface area contributed by atoms with Crippen LogP contribution in [0.2, 0.25) is 0 Å². The molecule has 1 aromatic heterocycles. The molecular weight excluding hydrogens is 400 g/mol. The molecule has 7 heteroatoms. The summed E-state index contributed by atoms with van der Waals surface area (Å²) in [5.41, 5.74) is 2.67. The molecule has 0 bridgehead atoms. The standard InChI is InChI=1S/C23H26N2O4S/c1-5-29-18-8-6-16(7-9-18)23-25-15(2)21(30-23)22(26)24-13-12-17-14-19(27-3)10-11-20(17)28-4/h6-11,14H,5,12-13H2,1-4H3,(H,24,26). The Morgan fingerprint density at radius 3 is 2.47 bits per heavy atom. The Morgan fingerprint density at radius 1 is 1.07 bits per heavy atom. The molecule has 0 aliphatic heterocycles. The van der Waals surface area contributed by atoms with Crippen molar-refractivity contribution in [2.24, 2.45) is 0 Å². The SMILES string of the molecule is CCOc1ccc(-c2nc(C)c(C(=O)NCCc3cc(OC)ccc3OC)s2)cc1. The van der Waals surface area contributed by atoms with Crippen molar-refractivity contribution in [3.05, 3.63) is 58.6 Å². The van der Waals surface area contributed by atoms with Crippen molar-refractivity contribution in [2.45, 2.75) is 20.3 Å². The third-order valence-electron chi connectivity index (χ3n) is 4.58. The van der Waals surface area contributed by atoms with Crippen LogP contribution in [0.5, 0.6) is 17.2 Å². The van der Waals surface area contributed by atoms with Crippen LogP contribution in [-0.4, -0.2) is 38.3 Å². The van der Waals surface area contributed by atoms with Crippen LogP contribution in [0.4, 0.5) is 0 Å². The summed E-state index contributed by atoms with van der Waals surface area (Å²) in [4.78, 5) is 17.9. The van der Waals surface area contributed by atoms with Crippen LogP contribution in [0.3, 0.4) is 0 Å². The van der Waals surface area contributed by atoms with Gasteiger partial charge in [0.15, 0.2) is 0 Å². The van der Waals surface area contributed by atoms with Crippen molar-refractivity contribution in [1.82, 2.24) is 10.3 Å². The summed E-state index contributed by atoms with van der Waals surface area (Å²) in [7, 11) is 3.26. The highest BCUT2D eigenvalue weighted by atomic mass is 32.1. The fourth-order valence-corrected chi connectivity index (χ4v) is 4.05. The van der Waals surface area contributed by atoms with Crippen LogP contribution in [0.15, 0.2) is 42.5 Å². The molecule has 1 N–H and O–H groups in total. The van der Waals surface area contributed by atoms with Gasteiger partial charge >= 0.3 is 0 Å². The minimum atomic E-state index is -0.121. The van der Waals surface area contributed by atoms with Gasteiger partial charge < -0.3 is 19.5 Å². The number of rotatable bonds is 9. The number of nitrogens with zero attached hydrogens (tertiary/aromatic N) is 1. The topological polar surface area (TPSA) is 69.7 Å². The van der Waals surface area contributed by atoms with Gasteiger partial charge in [-0.3, -0.25) is 4.79 Å². The van der Waals surface area contributed by atoms with Crippen molar-refractivity contribution >= 4 is 17.2 Å². The quantitative estimate of drug-likeness (QED) is 0.545. The highest BCUT2D eigenvalue weighted by Crippen LogP contribution is 2.29. The van der Waals surface area contributed by atoms with E-state index >= 15 is 0 Å². The van der Waals surface area contributed by atoms with Crippen molar-refractivity contribution in [3.63, 3.8) is 0 Å². The Hall–Kier alpha value is -3.06. The fourth-order valence-electron chi connectivity index (χ4n) is 3.06. The van der Waals surface area contributed by atoms with E-state index in [1.165, 1.54) is 11.3 Å². The van der Waals surface area contributed by atoms with Crippen LogP contribution < -0.4 is 19.5 Å². The molecule has 0 unspecified atom stereocenters.